The number of halogens is 1. The highest BCUT2D eigenvalue weighted by atomic mass is 79.9. The highest BCUT2D eigenvalue weighted by molar-refractivity contribution is 9.09. The van der Waals surface area contributed by atoms with Crippen molar-refractivity contribution < 1.29 is 9.53 Å². The molecule has 0 N–H and O–H groups in total. The van der Waals surface area contributed by atoms with Gasteiger partial charge in [0.05, 0.1) is 13.0 Å². The molecule has 0 aliphatic carbocycles. The van der Waals surface area contributed by atoms with Crippen LogP contribution in [0.25, 0.3) is 0 Å². The Balaban J connectivity index is 1.69. The van der Waals surface area contributed by atoms with E-state index in [9.17, 15) is 4.79 Å². The number of amides is 1. The molecule has 2 rings (SSSR count). The predicted octanol–water partition coefficient (Wildman–Crippen LogP) is 2.84. The summed E-state index contributed by atoms with van der Waals surface area (Å²) in [7, 11) is 0. The van der Waals surface area contributed by atoms with Crippen LogP contribution >= 0.6 is 15.9 Å². The lowest BCUT2D eigenvalue weighted by Crippen LogP contribution is -2.39. The molecule has 1 aromatic carbocycles. The zero-order valence-electron chi connectivity index (χ0n) is 10.3. The van der Waals surface area contributed by atoms with Crippen LogP contribution < -0.4 is 4.74 Å². The predicted molar refractivity (Wildman–Crippen MR) is 75.1 cm³/mol. The molecule has 1 fully saturated rings. The first-order chi connectivity index (χ1) is 8.75. The zero-order valence-corrected chi connectivity index (χ0v) is 11.9. The summed E-state index contributed by atoms with van der Waals surface area (Å²) < 4.78 is 5.53. The summed E-state index contributed by atoms with van der Waals surface area (Å²) in [5.74, 6) is 1.02. The van der Waals surface area contributed by atoms with E-state index < -0.39 is 0 Å². The van der Waals surface area contributed by atoms with Crippen LogP contribution in [0.4, 0.5) is 0 Å². The van der Waals surface area contributed by atoms with Gasteiger partial charge in [-0.1, -0.05) is 34.1 Å². The first kappa shape index (κ1) is 13.4. The highest BCUT2D eigenvalue weighted by Crippen LogP contribution is 2.18. The minimum Gasteiger partial charge on any atom is -0.493 e. The fourth-order valence-electron chi connectivity index (χ4n) is 2.03. The van der Waals surface area contributed by atoms with Crippen molar-refractivity contribution in [1.82, 2.24) is 4.90 Å². The van der Waals surface area contributed by atoms with Gasteiger partial charge in [-0.2, -0.15) is 0 Å². The maximum Gasteiger partial charge on any atom is 0.225 e. The van der Waals surface area contributed by atoms with Crippen LogP contribution in [-0.4, -0.2) is 35.3 Å². The van der Waals surface area contributed by atoms with Crippen molar-refractivity contribution in [1.29, 1.82) is 0 Å². The molecule has 1 heterocycles. The normalized spacial score (nSPS) is 16.6. The lowest BCUT2D eigenvalue weighted by molar-refractivity contribution is -0.132. The summed E-state index contributed by atoms with van der Waals surface area (Å²) in [5, 5.41) is 0. The monoisotopic (exact) mass is 311 g/mol. The van der Waals surface area contributed by atoms with E-state index in [1.54, 1.807) is 0 Å². The molecular formula is C14H18BrNO2. The van der Waals surface area contributed by atoms with Gasteiger partial charge >= 0.3 is 0 Å². The van der Waals surface area contributed by atoms with Gasteiger partial charge in [0.1, 0.15) is 5.75 Å². The van der Waals surface area contributed by atoms with Gasteiger partial charge in [0, 0.05) is 17.9 Å². The number of para-hydroxylation sites is 1. The van der Waals surface area contributed by atoms with Crippen molar-refractivity contribution in [2.75, 3.05) is 19.7 Å². The van der Waals surface area contributed by atoms with Gasteiger partial charge in [0.25, 0.3) is 0 Å². The van der Waals surface area contributed by atoms with Crippen LogP contribution in [0.15, 0.2) is 30.3 Å². The van der Waals surface area contributed by atoms with Crippen molar-refractivity contribution in [2.45, 2.75) is 24.1 Å². The highest BCUT2D eigenvalue weighted by Gasteiger charge is 2.20. The van der Waals surface area contributed by atoms with E-state index in [0.717, 1.165) is 31.7 Å². The minimum absolute atomic E-state index is 0.199. The molecule has 1 amide bonds. The number of hydrogen-bond donors (Lipinski definition) is 0. The second-order valence-corrected chi connectivity index (χ2v) is 5.76. The fraction of sp³-hybridized carbons (Fsp3) is 0.500. The first-order valence-electron chi connectivity index (χ1n) is 6.35. The summed E-state index contributed by atoms with van der Waals surface area (Å²) in [6.07, 6.45) is 2.55. The molecule has 4 heteroatoms. The topological polar surface area (TPSA) is 29.5 Å². The summed E-state index contributed by atoms with van der Waals surface area (Å²) in [5.41, 5.74) is 0. The fourth-order valence-corrected chi connectivity index (χ4v) is 2.44. The van der Waals surface area contributed by atoms with E-state index in [-0.39, 0.29) is 5.91 Å². The number of hydrogen-bond acceptors (Lipinski definition) is 2. The smallest absolute Gasteiger partial charge is 0.225 e. The van der Waals surface area contributed by atoms with E-state index in [4.69, 9.17) is 4.74 Å². The van der Waals surface area contributed by atoms with Crippen LogP contribution in [0.2, 0.25) is 0 Å². The Hall–Kier alpha value is -1.03. The number of likely N-dealkylation sites (tertiary alicyclic amines) is 1. The summed E-state index contributed by atoms with van der Waals surface area (Å²) >= 11 is 3.59. The number of rotatable bonds is 4. The molecule has 1 aliphatic heterocycles. The SMILES string of the molecule is O=C(CCOc1ccccc1)N1CCC(Br)CC1. The molecular weight excluding hydrogens is 294 g/mol. The Morgan fingerprint density at radius 1 is 1.28 bits per heavy atom. The van der Waals surface area contributed by atoms with Gasteiger partial charge in [-0.3, -0.25) is 4.79 Å². The Bertz CT molecular complexity index is 375. The lowest BCUT2D eigenvalue weighted by atomic mass is 10.1. The largest absolute Gasteiger partial charge is 0.493 e. The number of carbonyl (C=O) groups is 1. The third-order valence-electron chi connectivity index (χ3n) is 3.11. The molecule has 98 valence electrons. The van der Waals surface area contributed by atoms with Crippen LogP contribution in [0.3, 0.4) is 0 Å². The van der Waals surface area contributed by atoms with Crippen LogP contribution in [0.5, 0.6) is 5.75 Å². The maximum absolute atomic E-state index is 11.9. The molecule has 1 aliphatic rings. The van der Waals surface area contributed by atoms with Gasteiger partial charge in [-0.15, -0.1) is 0 Å². The van der Waals surface area contributed by atoms with E-state index in [0.29, 0.717) is 17.9 Å². The van der Waals surface area contributed by atoms with Gasteiger partial charge < -0.3 is 9.64 Å². The van der Waals surface area contributed by atoms with Crippen molar-refractivity contribution in [2.24, 2.45) is 0 Å². The van der Waals surface area contributed by atoms with Crippen molar-refractivity contribution in [3.05, 3.63) is 30.3 Å². The molecule has 0 aromatic heterocycles. The molecule has 0 bridgehead atoms. The van der Waals surface area contributed by atoms with E-state index >= 15 is 0 Å². The number of carbonyl (C=O) groups excluding carboxylic acids is 1. The number of benzene rings is 1. The van der Waals surface area contributed by atoms with Crippen molar-refractivity contribution in [3.63, 3.8) is 0 Å². The number of nitrogens with zero attached hydrogens (tertiary/aromatic N) is 1. The number of alkyl halides is 1. The minimum atomic E-state index is 0.199. The van der Waals surface area contributed by atoms with Crippen LogP contribution in [0.1, 0.15) is 19.3 Å². The van der Waals surface area contributed by atoms with Gasteiger partial charge in [-0.25, -0.2) is 0 Å². The van der Waals surface area contributed by atoms with Gasteiger partial charge in [0.15, 0.2) is 0 Å². The summed E-state index contributed by atoms with van der Waals surface area (Å²) in [6, 6.07) is 9.61. The van der Waals surface area contributed by atoms with Crippen molar-refractivity contribution >= 4 is 21.8 Å². The van der Waals surface area contributed by atoms with E-state index in [1.807, 2.05) is 35.2 Å². The Morgan fingerprint density at radius 3 is 2.61 bits per heavy atom. The first-order valence-corrected chi connectivity index (χ1v) is 7.27. The molecule has 18 heavy (non-hydrogen) atoms. The number of piperidine rings is 1. The molecule has 1 saturated heterocycles. The molecule has 3 nitrogen and oxygen atoms in total. The Labute approximate surface area is 116 Å². The summed E-state index contributed by atoms with van der Waals surface area (Å²) in [4.78, 5) is 14.4. The summed E-state index contributed by atoms with van der Waals surface area (Å²) in [6.45, 7) is 2.18. The Kier molecular flexibility index (Phi) is 5.05. The quantitative estimate of drug-likeness (QED) is 0.800. The average Bonchev–Trinajstić information content (AvgIpc) is 2.40. The van der Waals surface area contributed by atoms with Crippen LogP contribution in [-0.2, 0) is 4.79 Å². The molecule has 1 aromatic rings. The third kappa shape index (κ3) is 4.02. The standard InChI is InChI=1S/C14H18BrNO2/c15-12-6-9-16(10-7-12)14(17)8-11-18-13-4-2-1-3-5-13/h1-5,12H,6-11H2. The van der Waals surface area contributed by atoms with Gasteiger partial charge in [0.2, 0.25) is 5.91 Å². The lowest BCUT2D eigenvalue weighted by Gasteiger charge is -2.29. The van der Waals surface area contributed by atoms with E-state index in [1.165, 1.54) is 0 Å². The second kappa shape index (κ2) is 6.78. The Morgan fingerprint density at radius 2 is 1.94 bits per heavy atom. The van der Waals surface area contributed by atoms with Crippen molar-refractivity contribution in [3.8, 4) is 5.75 Å². The molecule has 0 radical (unpaired) electrons. The molecule has 0 spiro atoms. The van der Waals surface area contributed by atoms with E-state index in [2.05, 4.69) is 15.9 Å². The van der Waals surface area contributed by atoms with Gasteiger partial charge in [-0.05, 0) is 25.0 Å². The van der Waals surface area contributed by atoms with Crippen LogP contribution in [0, 0.1) is 0 Å². The molecule has 0 unspecified atom stereocenters. The zero-order chi connectivity index (χ0) is 12.8. The molecule has 0 saturated carbocycles. The molecule has 0 atom stereocenters. The second-order valence-electron chi connectivity index (χ2n) is 4.47. The third-order valence-corrected chi connectivity index (χ3v) is 4.02. The average molecular weight is 312 g/mol. The maximum atomic E-state index is 11.9. The number of ether oxygens (including phenoxy) is 1.